The Morgan fingerprint density at radius 1 is 0.833 bits per heavy atom. The number of hydrogen-bond acceptors (Lipinski definition) is 2. The summed E-state index contributed by atoms with van der Waals surface area (Å²) in [4.78, 5) is 0. The average molecular weight is 276 g/mol. The molecular weight excluding hydrogens is 246 g/mol. The summed E-state index contributed by atoms with van der Waals surface area (Å²) < 4.78 is 5.81. The molecule has 2 fully saturated rings. The molecule has 0 radical (unpaired) electrons. The molecule has 1 N–H and O–H groups in total. The number of ether oxygens (including phenoxy) is 1. The zero-order chi connectivity index (χ0) is 11.8. The van der Waals surface area contributed by atoms with Gasteiger partial charge in [0.15, 0.2) is 0 Å². The molecule has 2 aliphatic rings. The molecule has 18 heavy (non-hydrogen) atoms. The minimum absolute atomic E-state index is 0. The van der Waals surface area contributed by atoms with E-state index in [1.807, 2.05) is 0 Å². The first-order chi connectivity index (χ1) is 8.45. The van der Waals surface area contributed by atoms with Crippen LogP contribution in [0.4, 0.5) is 0 Å². The average Bonchev–Trinajstić information content (AvgIpc) is 2.41. The van der Waals surface area contributed by atoms with Crippen molar-refractivity contribution in [2.24, 2.45) is 11.8 Å². The molecule has 1 heterocycles. The van der Waals surface area contributed by atoms with Gasteiger partial charge in [0.2, 0.25) is 0 Å². The first-order valence-electron chi connectivity index (χ1n) is 7.73. The summed E-state index contributed by atoms with van der Waals surface area (Å²) in [6.07, 6.45) is 12.6. The molecule has 1 atom stereocenters. The van der Waals surface area contributed by atoms with Crippen molar-refractivity contribution in [2.75, 3.05) is 26.3 Å². The molecule has 0 spiro atoms. The van der Waals surface area contributed by atoms with Gasteiger partial charge in [-0.3, -0.25) is 0 Å². The third-order valence-electron chi connectivity index (χ3n) is 4.46. The van der Waals surface area contributed by atoms with E-state index in [0.717, 1.165) is 25.0 Å². The maximum atomic E-state index is 5.81. The molecule has 1 saturated heterocycles. The molecule has 1 unspecified atom stereocenters. The number of halogens is 1. The normalized spacial score (nSPS) is 25.7. The Balaban J connectivity index is 0.00000162. The van der Waals surface area contributed by atoms with Crippen LogP contribution < -0.4 is 5.32 Å². The Bertz CT molecular complexity index is 169. The van der Waals surface area contributed by atoms with Crippen molar-refractivity contribution < 1.29 is 4.74 Å². The summed E-state index contributed by atoms with van der Waals surface area (Å²) in [7, 11) is 0. The maximum absolute atomic E-state index is 5.81. The number of piperidine rings is 1. The highest BCUT2D eigenvalue weighted by Crippen LogP contribution is 2.26. The number of nitrogens with one attached hydrogen (secondary N) is 1. The highest BCUT2D eigenvalue weighted by atomic mass is 35.5. The first-order valence-corrected chi connectivity index (χ1v) is 7.73. The topological polar surface area (TPSA) is 21.3 Å². The Morgan fingerprint density at radius 2 is 1.50 bits per heavy atom. The molecule has 0 aromatic carbocycles. The zero-order valence-corrected chi connectivity index (χ0v) is 12.5. The van der Waals surface area contributed by atoms with Crippen molar-refractivity contribution in [3.8, 4) is 0 Å². The van der Waals surface area contributed by atoms with E-state index in [1.54, 1.807) is 0 Å². The van der Waals surface area contributed by atoms with E-state index < -0.39 is 0 Å². The number of rotatable bonds is 6. The minimum atomic E-state index is 0. The molecule has 1 aliphatic heterocycles. The van der Waals surface area contributed by atoms with E-state index >= 15 is 0 Å². The van der Waals surface area contributed by atoms with Gasteiger partial charge in [-0.2, -0.15) is 0 Å². The van der Waals surface area contributed by atoms with Gasteiger partial charge in [0.25, 0.3) is 0 Å². The second-order valence-electron chi connectivity index (χ2n) is 5.91. The van der Waals surface area contributed by atoms with Gasteiger partial charge in [0.05, 0.1) is 0 Å². The van der Waals surface area contributed by atoms with Gasteiger partial charge in [-0.1, -0.05) is 32.1 Å². The molecule has 1 aliphatic carbocycles. The van der Waals surface area contributed by atoms with Gasteiger partial charge in [0, 0.05) is 13.2 Å². The summed E-state index contributed by atoms with van der Waals surface area (Å²) >= 11 is 0. The van der Waals surface area contributed by atoms with Crippen LogP contribution in [0.2, 0.25) is 0 Å². The zero-order valence-electron chi connectivity index (χ0n) is 11.7. The van der Waals surface area contributed by atoms with Gasteiger partial charge in [-0.15, -0.1) is 12.4 Å². The highest BCUT2D eigenvalue weighted by molar-refractivity contribution is 5.85. The molecule has 2 rings (SSSR count). The van der Waals surface area contributed by atoms with Crippen LogP contribution >= 0.6 is 12.4 Å². The molecular formula is C15H30ClNO. The molecule has 0 aromatic rings. The van der Waals surface area contributed by atoms with Crippen LogP contribution in [-0.4, -0.2) is 26.3 Å². The van der Waals surface area contributed by atoms with Crippen molar-refractivity contribution in [3.05, 3.63) is 0 Å². The predicted molar refractivity (Wildman–Crippen MR) is 79.5 cm³/mol. The summed E-state index contributed by atoms with van der Waals surface area (Å²) in [6, 6.07) is 0. The lowest BCUT2D eigenvalue weighted by Gasteiger charge is -2.23. The lowest BCUT2D eigenvalue weighted by molar-refractivity contribution is 0.0989. The maximum Gasteiger partial charge on any atom is 0.0469 e. The van der Waals surface area contributed by atoms with Crippen LogP contribution in [0.5, 0.6) is 0 Å². The Morgan fingerprint density at radius 3 is 2.17 bits per heavy atom. The quantitative estimate of drug-likeness (QED) is 0.745. The van der Waals surface area contributed by atoms with Crippen LogP contribution in [0.15, 0.2) is 0 Å². The van der Waals surface area contributed by atoms with E-state index in [4.69, 9.17) is 4.74 Å². The molecule has 108 valence electrons. The summed E-state index contributed by atoms with van der Waals surface area (Å²) in [5.41, 5.74) is 0. The fourth-order valence-electron chi connectivity index (χ4n) is 3.25. The Labute approximate surface area is 119 Å². The van der Waals surface area contributed by atoms with Crippen molar-refractivity contribution >= 4 is 12.4 Å². The first kappa shape index (κ1) is 16.3. The van der Waals surface area contributed by atoms with Gasteiger partial charge in [-0.05, 0) is 50.6 Å². The van der Waals surface area contributed by atoms with Crippen LogP contribution in [0, 0.1) is 11.8 Å². The second-order valence-corrected chi connectivity index (χ2v) is 5.91. The van der Waals surface area contributed by atoms with E-state index in [-0.39, 0.29) is 12.4 Å². The van der Waals surface area contributed by atoms with Crippen molar-refractivity contribution in [1.29, 1.82) is 0 Å². The van der Waals surface area contributed by atoms with Crippen LogP contribution in [0.3, 0.4) is 0 Å². The van der Waals surface area contributed by atoms with E-state index in [1.165, 1.54) is 70.9 Å². The predicted octanol–water partition coefficient (Wildman–Crippen LogP) is 3.78. The molecule has 3 heteroatoms. The summed E-state index contributed by atoms with van der Waals surface area (Å²) in [5.74, 6) is 1.85. The SMILES string of the molecule is C1CCC(CCOCCC2CCCNC2)CC1.Cl. The van der Waals surface area contributed by atoms with Gasteiger partial charge in [-0.25, -0.2) is 0 Å². The fourth-order valence-corrected chi connectivity index (χ4v) is 3.25. The van der Waals surface area contributed by atoms with Gasteiger partial charge >= 0.3 is 0 Å². The largest absolute Gasteiger partial charge is 0.381 e. The van der Waals surface area contributed by atoms with Crippen molar-refractivity contribution in [2.45, 2.75) is 57.8 Å². The fraction of sp³-hybridized carbons (Fsp3) is 1.00. The van der Waals surface area contributed by atoms with E-state index in [0.29, 0.717) is 0 Å². The third-order valence-corrected chi connectivity index (χ3v) is 4.46. The lowest BCUT2D eigenvalue weighted by Crippen LogP contribution is -2.30. The van der Waals surface area contributed by atoms with Crippen molar-refractivity contribution in [1.82, 2.24) is 5.32 Å². The Kier molecular flexibility index (Phi) is 9.08. The molecule has 0 amide bonds. The smallest absolute Gasteiger partial charge is 0.0469 e. The second kappa shape index (κ2) is 10.1. The van der Waals surface area contributed by atoms with Crippen LogP contribution in [0.1, 0.15) is 57.8 Å². The third kappa shape index (κ3) is 6.40. The standard InChI is InChI=1S/C15H29NO.ClH/c1-2-5-14(6-3-1)8-11-17-12-9-15-7-4-10-16-13-15;/h14-16H,1-13H2;1H. The summed E-state index contributed by atoms with van der Waals surface area (Å²) in [5, 5.41) is 3.47. The molecule has 0 aromatic heterocycles. The Hall–Kier alpha value is 0.210. The highest BCUT2D eigenvalue weighted by Gasteiger charge is 2.14. The lowest BCUT2D eigenvalue weighted by atomic mass is 9.87. The number of hydrogen-bond donors (Lipinski definition) is 1. The van der Waals surface area contributed by atoms with E-state index in [9.17, 15) is 0 Å². The van der Waals surface area contributed by atoms with Gasteiger partial charge < -0.3 is 10.1 Å². The van der Waals surface area contributed by atoms with Gasteiger partial charge in [0.1, 0.15) is 0 Å². The molecule has 2 nitrogen and oxygen atoms in total. The summed E-state index contributed by atoms with van der Waals surface area (Å²) in [6.45, 7) is 4.43. The minimum Gasteiger partial charge on any atom is -0.381 e. The molecule has 0 bridgehead atoms. The monoisotopic (exact) mass is 275 g/mol. The van der Waals surface area contributed by atoms with Crippen LogP contribution in [0.25, 0.3) is 0 Å². The van der Waals surface area contributed by atoms with Crippen LogP contribution in [-0.2, 0) is 4.74 Å². The van der Waals surface area contributed by atoms with E-state index in [2.05, 4.69) is 5.32 Å². The molecule has 1 saturated carbocycles. The van der Waals surface area contributed by atoms with Crippen molar-refractivity contribution in [3.63, 3.8) is 0 Å².